The SMILES string of the molecule is CCCC[C@H](CO)Sc1ccccc1. The Labute approximate surface area is 90.5 Å². The number of hydrogen-bond donors (Lipinski definition) is 1. The molecule has 14 heavy (non-hydrogen) atoms. The van der Waals surface area contributed by atoms with Crippen molar-refractivity contribution in [3.8, 4) is 0 Å². The zero-order valence-electron chi connectivity index (χ0n) is 8.65. The van der Waals surface area contributed by atoms with E-state index in [2.05, 4.69) is 19.1 Å². The van der Waals surface area contributed by atoms with E-state index in [0.29, 0.717) is 5.25 Å². The van der Waals surface area contributed by atoms with E-state index in [1.54, 1.807) is 11.8 Å². The first kappa shape index (κ1) is 11.6. The van der Waals surface area contributed by atoms with Gasteiger partial charge >= 0.3 is 0 Å². The molecule has 0 aliphatic heterocycles. The molecule has 0 saturated carbocycles. The van der Waals surface area contributed by atoms with E-state index in [9.17, 15) is 5.11 Å². The highest BCUT2D eigenvalue weighted by molar-refractivity contribution is 8.00. The maximum absolute atomic E-state index is 9.19. The fourth-order valence-corrected chi connectivity index (χ4v) is 2.37. The van der Waals surface area contributed by atoms with Crippen molar-refractivity contribution < 1.29 is 5.11 Å². The van der Waals surface area contributed by atoms with Gasteiger partial charge in [0.1, 0.15) is 0 Å². The van der Waals surface area contributed by atoms with Crippen molar-refractivity contribution >= 4 is 11.8 Å². The largest absolute Gasteiger partial charge is 0.395 e. The van der Waals surface area contributed by atoms with Crippen molar-refractivity contribution in [2.24, 2.45) is 0 Å². The van der Waals surface area contributed by atoms with Gasteiger partial charge in [0.25, 0.3) is 0 Å². The van der Waals surface area contributed by atoms with Crippen LogP contribution in [0.25, 0.3) is 0 Å². The van der Waals surface area contributed by atoms with Crippen LogP contribution >= 0.6 is 11.8 Å². The number of unbranched alkanes of at least 4 members (excludes halogenated alkanes) is 1. The van der Waals surface area contributed by atoms with E-state index in [-0.39, 0.29) is 6.61 Å². The molecule has 0 radical (unpaired) electrons. The zero-order chi connectivity index (χ0) is 10.2. The molecule has 78 valence electrons. The van der Waals surface area contributed by atoms with Gasteiger partial charge < -0.3 is 5.11 Å². The second-order valence-corrected chi connectivity index (χ2v) is 4.75. The van der Waals surface area contributed by atoms with Crippen LogP contribution < -0.4 is 0 Å². The summed E-state index contributed by atoms with van der Waals surface area (Å²) in [4.78, 5) is 1.25. The highest BCUT2D eigenvalue weighted by Crippen LogP contribution is 2.25. The van der Waals surface area contributed by atoms with Crippen molar-refractivity contribution in [2.45, 2.75) is 36.3 Å². The molecule has 0 aromatic heterocycles. The molecule has 1 N–H and O–H groups in total. The van der Waals surface area contributed by atoms with E-state index < -0.39 is 0 Å². The lowest BCUT2D eigenvalue weighted by molar-refractivity contribution is 0.289. The van der Waals surface area contributed by atoms with Crippen molar-refractivity contribution in [1.29, 1.82) is 0 Å². The maximum Gasteiger partial charge on any atom is 0.0553 e. The molecule has 1 aromatic carbocycles. The van der Waals surface area contributed by atoms with Crippen molar-refractivity contribution in [3.63, 3.8) is 0 Å². The van der Waals surface area contributed by atoms with E-state index in [1.165, 1.54) is 17.7 Å². The van der Waals surface area contributed by atoms with Gasteiger partial charge in [0.2, 0.25) is 0 Å². The minimum atomic E-state index is 0.277. The molecular weight excluding hydrogens is 192 g/mol. The Bertz CT molecular complexity index is 235. The molecule has 0 bridgehead atoms. The lowest BCUT2D eigenvalue weighted by atomic mass is 10.2. The number of aliphatic hydroxyl groups is 1. The van der Waals surface area contributed by atoms with Gasteiger partial charge in [-0.1, -0.05) is 38.0 Å². The highest BCUT2D eigenvalue weighted by atomic mass is 32.2. The van der Waals surface area contributed by atoms with Gasteiger partial charge in [0.05, 0.1) is 6.61 Å². The minimum Gasteiger partial charge on any atom is -0.395 e. The number of rotatable bonds is 6. The van der Waals surface area contributed by atoms with Crippen LogP contribution in [-0.2, 0) is 0 Å². The predicted octanol–water partition coefficient (Wildman–Crippen LogP) is 3.33. The quantitative estimate of drug-likeness (QED) is 0.727. The van der Waals surface area contributed by atoms with Crippen LogP contribution in [0.1, 0.15) is 26.2 Å². The van der Waals surface area contributed by atoms with Crippen LogP contribution in [0, 0.1) is 0 Å². The fraction of sp³-hybridized carbons (Fsp3) is 0.500. The van der Waals surface area contributed by atoms with Gasteiger partial charge in [0, 0.05) is 10.1 Å². The van der Waals surface area contributed by atoms with E-state index in [4.69, 9.17) is 0 Å². The molecule has 0 amide bonds. The average molecular weight is 210 g/mol. The zero-order valence-corrected chi connectivity index (χ0v) is 9.46. The molecule has 1 nitrogen and oxygen atoms in total. The normalized spacial score (nSPS) is 12.7. The lowest BCUT2D eigenvalue weighted by Gasteiger charge is -2.12. The Kier molecular flexibility index (Phi) is 5.72. The van der Waals surface area contributed by atoms with Gasteiger partial charge in [-0.15, -0.1) is 11.8 Å². The van der Waals surface area contributed by atoms with Crippen LogP contribution in [0.5, 0.6) is 0 Å². The molecule has 0 unspecified atom stereocenters. The first-order chi connectivity index (χ1) is 6.86. The summed E-state index contributed by atoms with van der Waals surface area (Å²) in [5.41, 5.74) is 0. The number of benzene rings is 1. The fourth-order valence-electron chi connectivity index (χ4n) is 1.31. The highest BCUT2D eigenvalue weighted by Gasteiger charge is 2.07. The first-order valence-corrected chi connectivity index (χ1v) is 6.07. The molecular formula is C12H18OS. The van der Waals surface area contributed by atoms with Gasteiger partial charge in [0.15, 0.2) is 0 Å². The monoisotopic (exact) mass is 210 g/mol. The van der Waals surface area contributed by atoms with Gasteiger partial charge in [-0.2, -0.15) is 0 Å². The topological polar surface area (TPSA) is 20.2 Å². The molecule has 1 rings (SSSR count). The average Bonchev–Trinajstić information content (AvgIpc) is 2.25. The van der Waals surface area contributed by atoms with Crippen LogP contribution in [0.4, 0.5) is 0 Å². The van der Waals surface area contributed by atoms with Crippen molar-refractivity contribution in [2.75, 3.05) is 6.61 Å². The Balaban J connectivity index is 2.40. The van der Waals surface area contributed by atoms with Crippen LogP contribution in [-0.4, -0.2) is 17.0 Å². The summed E-state index contributed by atoms with van der Waals surface area (Å²) < 4.78 is 0. The summed E-state index contributed by atoms with van der Waals surface area (Å²) in [6.45, 7) is 2.46. The number of aliphatic hydroxyl groups excluding tert-OH is 1. The third kappa shape index (κ3) is 4.16. The Morgan fingerprint density at radius 2 is 2.00 bits per heavy atom. The second-order valence-electron chi connectivity index (χ2n) is 3.38. The Hall–Kier alpha value is -0.470. The van der Waals surface area contributed by atoms with E-state index >= 15 is 0 Å². The van der Waals surface area contributed by atoms with Crippen LogP contribution in [0.15, 0.2) is 35.2 Å². The number of hydrogen-bond acceptors (Lipinski definition) is 2. The van der Waals surface area contributed by atoms with Gasteiger partial charge in [-0.05, 0) is 18.6 Å². The summed E-state index contributed by atoms with van der Waals surface area (Å²) in [6, 6.07) is 10.3. The summed E-state index contributed by atoms with van der Waals surface area (Å²) in [5.74, 6) is 0. The molecule has 2 heteroatoms. The maximum atomic E-state index is 9.19. The van der Waals surface area contributed by atoms with Crippen LogP contribution in [0.3, 0.4) is 0 Å². The summed E-state index contributed by atoms with van der Waals surface area (Å²) in [6.07, 6.45) is 3.50. The summed E-state index contributed by atoms with van der Waals surface area (Å²) >= 11 is 1.78. The summed E-state index contributed by atoms with van der Waals surface area (Å²) in [7, 11) is 0. The Morgan fingerprint density at radius 3 is 2.57 bits per heavy atom. The molecule has 0 fully saturated rings. The predicted molar refractivity (Wildman–Crippen MR) is 62.7 cm³/mol. The van der Waals surface area contributed by atoms with Crippen LogP contribution in [0.2, 0.25) is 0 Å². The number of thioether (sulfide) groups is 1. The molecule has 0 aliphatic carbocycles. The van der Waals surface area contributed by atoms with Gasteiger partial charge in [-0.3, -0.25) is 0 Å². The third-order valence-electron chi connectivity index (χ3n) is 2.13. The molecule has 0 heterocycles. The Morgan fingerprint density at radius 1 is 1.29 bits per heavy atom. The smallest absolute Gasteiger partial charge is 0.0553 e. The molecule has 0 spiro atoms. The molecule has 1 aromatic rings. The first-order valence-electron chi connectivity index (χ1n) is 5.19. The van der Waals surface area contributed by atoms with Crippen molar-refractivity contribution in [3.05, 3.63) is 30.3 Å². The van der Waals surface area contributed by atoms with E-state index in [0.717, 1.165) is 6.42 Å². The van der Waals surface area contributed by atoms with Gasteiger partial charge in [-0.25, -0.2) is 0 Å². The lowest BCUT2D eigenvalue weighted by Crippen LogP contribution is -2.07. The molecule has 0 aliphatic rings. The standard InChI is InChI=1S/C12H18OS/c1-2-3-7-12(10-13)14-11-8-5-4-6-9-11/h4-6,8-9,12-13H,2-3,7,10H2,1H3/t12-/m1/s1. The summed E-state index contributed by atoms with van der Waals surface area (Å²) in [5, 5.41) is 9.55. The molecule has 0 saturated heterocycles. The van der Waals surface area contributed by atoms with E-state index in [1.807, 2.05) is 18.2 Å². The minimum absolute atomic E-state index is 0.277. The third-order valence-corrected chi connectivity index (χ3v) is 3.39. The molecule has 1 atom stereocenters. The second kappa shape index (κ2) is 6.91. The van der Waals surface area contributed by atoms with Crippen molar-refractivity contribution in [1.82, 2.24) is 0 Å².